The Hall–Kier alpha value is -1.98. The number of hydrogen-bond acceptors (Lipinski definition) is 4. The summed E-state index contributed by atoms with van der Waals surface area (Å²) in [5, 5.41) is 2.74. The van der Waals surface area contributed by atoms with Gasteiger partial charge in [0.05, 0.1) is 12.7 Å². The number of methoxy groups -OCH3 is 1. The summed E-state index contributed by atoms with van der Waals surface area (Å²) >= 11 is 0. The second-order valence-corrected chi connectivity index (χ2v) is 5.64. The molecule has 1 atom stereocenters. The lowest BCUT2D eigenvalue weighted by Gasteiger charge is -2.22. The molecule has 6 heteroatoms. The lowest BCUT2D eigenvalue weighted by Crippen LogP contribution is -2.39. The molecule has 1 N–H and O–H groups in total. The molecule has 0 fully saturated rings. The van der Waals surface area contributed by atoms with Crippen LogP contribution in [0.5, 0.6) is 0 Å². The Kier molecular flexibility index (Phi) is 5.19. The summed E-state index contributed by atoms with van der Waals surface area (Å²) in [4.78, 5) is 22.9. The van der Waals surface area contributed by atoms with Crippen LogP contribution in [0.15, 0.2) is 18.5 Å². The van der Waals surface area contributed by atoms with Gasteiger partial charge in [-0.3, -0.25) is 0 Å². The quantitative estimate of drug-likeness (QED) is 0.859. The van der Waals surface area contributed by atoms with E-state index in [0.29, 0.717) is 12.1 Å². The summed E-state index contributed by atoms with van der Waals surface area (Å²) in [7, 11) is 1.34. The number of nitrogens with zero attached hydrogens (tertiary/aromatic N) is 1. The van der Waals surface area contributed by atoms with Crippen LogP contribution >= 0.6 is 0 Å². The molecule has 0 bridgehead atoms. The number of alkyl carbamates (subject to hydrolysis) is 1. The van der Waals surface area contributed by atoms with E-state index in [-0.39, 0.29) is 12.0 Å². The van der Waals surface area contributed by atoms with Gasteiger partial charge in [-0.25, -0.2) is 9.59 Å². The molecule has 0 aliphatic rings. The van der Waals surface area contributed by atoms with Crippen LogP contribution < -0.4 is 5.32 Å². The number of ether oxygens (including phenoxy) is 2. The Morgan fingerprint density at radius 1 is 1.40 bits per heavy atom. The van der Waals surface area contributed by atoms with Crippen molar-refractivity contribution in [1.82, 2.24) is 9.88 Å². The molecule has 112 valence electrons. The normalized spacial score (nSPS) is 12.7. The lowest BCUT2D eigenvalue weighted by molar-refractivity contribution is 0.0502. The Morgan fingerprint density at radius 2 is 2.05 bits per heavy atom. The molecule has 1 aromatic heterocycles. The van der Waals surface area contributed by atoms with Crippen LogP contribution in [-0.4, -0.2) is 35.4 Å². The van der Waals surface area contributed by atoms with Crippen molar-refractivity contribution in [3.05, 3.63) is 24.0 Å². The smallest absolute Gasteiger partial charge is 0.407 e. The van der Waals surface area contributed by atoms with Gasteiger partial charge >= 0.3 is 12.1 Å². The molecule has 1 heterocycles. The summed E-state index contributed by atoms with van der Waals surface area (Å²) in [5.74, 6) is -0.378. The van der Waals surface area contributed by atoms with Gasteiger partial charge in [0, 0.05) is 25.0 Å². The van der Waals surface area contributed by atoms with Crippen molar-refractivity contribution < 1.29 is 19.1 Å². The van der Waals surface area contributed by atoms with Gasteiger partial charge in [0.15, 0.2) is 0 Å². The highest BCUT2D eigenvalue weighted by Crippen LogP contribution is 2.08. The second kappa shape index (κ2) is 6.45. The summed E-state index contributed by atoms with van der Waals surface area (Å²) in [6.45, 7) is 7.83. The van der Waals surface area contributed by atoms with Crippen LogP contribution in [0.1, 0.15) is 38.1 Å². The molecular formula is C14H22N2O4. The van der Waals surface area contributed by atoms with E-state index in [0.717, 1.165) is 0 Å². The SMILES string of the molecule is COC(=O)c1ccn(CC(C)NC(=O)OC(C)(C)C)c1. The first-order valence-electron chi connectivity index (χ1n) is 6.45. The van der Waals surface area contributed by atoms with Gasteiger partial charge < -0.3 is 19.4 Å². The molecular weight excluding hydrogens is 260 g/mol. The van der Waals surface area contributed by atoms with Gasteiger partial charge in [-0.15, -0.1) is 0 Å². The van der Waals surface area contributed by atoms with Crippen molar-refractivity contribution >= 4 is 12.1 Å². The van der Waals surface area contributed by atoms with Crippen molar-refractivity contribution in [2.24, 2.45) is 0 Å². The highest BCUT2D eigenvalue weighted by Gasteiger charge is 2.18. The fourth-order valence-corrected chi connectivity index (χ4v) is 1.66. The van der Waals surface area contributed by atoms with Crippen molar-refractivity contribution in [2.75, 3.05) is 7.11 Å². The predicted octanol–water partition coefficient (Wildman–Crippen LogP) is 2.19. The van der Waals surface area contributed by atoms with E-state index in [4.69, 9.17) is 4.74 Å². The Balaban J connectivity index is 2.50. The molecule has 1 rings (SSSR count). The number of hydrogen-bond donors (Lipinski definition) is 1. The highest BCUT2D eigenvalue weighted by molar-refractivity contribution is 5.89. The summed E-state index contributed by atoms with van der Waals surface area (Å²) in [5.41, 5.74) is -0.0352. The molecule has 20 heavy (non-hydrogen) atoms. The maximum Gasteiger partial charge on any atom is 0.407 e. The largest absolute Gasteiger partial charge is 0.465 e. The molecule has 6 nitrogen and oxygen atoms in total. The van der Waals surface area contributed by atoms with E-state index in [9.17, 15) is 9.59 Å². The Labute approximate surface area is 119 Å². The third-order valence-corrected chi connectivity index (χ3v) is 2.42. The van der Waals surface area contributed by atoms with Crippen molar-refractivity contribution in [1.29, 1.82) is 0 Å². The average Bonchev–Trinajstić information content (AvgIpc) is 2.73. The number of nitrogens with one attached hydrogen (secondary N) is 1. The maximum absolute atomic E-state index is 11.6. The number of carbonyl (C=O) groups is 2. The molecule has 0 saturated heterocycles. The summed E-state index contributed by atoms with van der Waals surface area (Å²) in [6.07, 6.45) is 2.99. The van der Waals surface area contributed by atoms with Gasteiger partial charge in [-0.05, 0) is 33.8 Å². The first-order chi connectivity index (χ1) is 9.21. The summed E-state index contributed by atoms with van der Waals surface area (Å²) in [6, 6.07) is 1.55. The molecule has 1 aromatic rings. The molecule has 0 aliphatic heterocycles. The van der Waals surface area contributed by atoms with Gasteiger partial charge in [0.25, 0.3) is 0 Å². The minimum absolute atomic E-state index is 0.122. The van der Waals surface area contributed by atoms with Gasteiger partial charge in [0.1, 0.15) is 5.60 Å². The number of rotatable bonds is 4. The molecule has 0 spiro atoms. The Morgan fingerprint density at radius 3 is 2.60 bits per heavy atom. The minimum Gasteiger partial charge on any atom is -0.465 e. The molecule has 0 aliphatic carbocycles. The van der Waals surface area contributed by atoms with E-state index in [2.05, 4.69) is 10.1 Å². The third kappa shape index (κ3) is 5.34. The van der Waals surface area contributed by atoms with E-state index in [1.165, 1.54) is 7.11 Å². The predicted molar refractivity (Wildman–Crippen MR) is 74.6 cm³/mol. The van der Waals surface area contributed by atoms with Crippen LogP contribution in [-0.2, 0) is 16.0 Å². The lowest BCUT2D eigenvalue weighted by atomic mass is 10.2. The number of amides is 1. The zero-order chi connectivity index (χ0) is 15.3. The van der Waals surface area contributed by atoms with Crippen molar-refractivity contribution in [3.63, 3.8) is 0 Å². The zero-order valence-corrected chi connectivity index (χ0v) is 12.6. The Bertz CT molecular complexity index is 474. The standard InChI is InChI=1S/C14H22N2O4/c1-10(15-13(18)20-14(2,3)4)8-16-7-6-11(9-16)12(17)19-5/h6-7,9-10H,8H2,1-5H3,(H,15,18). The number of esters is 1. The first-order valence-corrected chi connectivity index (χ1v) is 6.45. The number of carbonyl (C=O) groups excluding carboxylic acids is 2. The molecule has 0 saturated carbocycles. The first kappa shape index (κ1) is 16.1. The second-order valence-electron chi connectivity index (χ2n) is 5.64. The maximum atomic E-state index is 11.6. The monoisotopic (exact) mass is 282 g/mol. The number of aromatic nitrogens is 1. The van der Waals surface area contributed by atoms with E-state index in [1.807, 2.05) is 32.3 Å². The molecule has 1 unspecified atom stereocenters. The van der Waals surface area contributed by atoms with Gasteiger partial charge in [-0.2, -0.15) is 0 Å². The molecule has 0 radical (unpaired) electrons. The van der Waals surface area contributed by atoms with Crippen LogP contribution in [0.4, 0.5) is 4.79 Å². The van der Waals surface area contributed by atoms with Gasteiger partial charge in [0.2, 0.25) is 0 Å². The molecule has 0 aromatic carbocycles. The average molecular weight is 282 g/mol. The van der Waals surface area contributed by atoms with Crippen LogP contribution in [0.2, 0.25) is 0 Å². The van der Waals surface area contributed by atoms with Crippen LogP contribution in [0.25, 0.3) is 0 Å². The molecule has 1 amide bonds. The van der Waals surface area contributed by atoms with Crippen LogP contribution in [0.3, 0.4) is 0 Å². The van der Waals surface area contributed by atoms with Crippen molar-refractivity contribution in [2.45, 2.75) is 45.9 Å². The zero-order valence-electron chi connectivity index (χ0n) is 12.6. The topological polar surface area (TPSA) is 69.6 Å². The van der Waals surface area contributed by atoms with E-state index >= 15 is 0 Å². The fraction of sp³-hybridized carbons (Fsp3) is 0.571. The third-order valence-electron chi connectivity index (χ3n) is 2.42. The van der Waals surface area contributed by atoms with E-state index in [1.54, 1.807) is 18.5 Å². The van der Waals surface area contributed by atoms with Crippen molar-refractivity contribution in [3.8, 4) is 0 Å². The fourth-order valence-electron chi connectivity index (χ4n) is 1.66. The summed E-state index contributed by atoms with van der Waals surface area (Å²) < 4.78 is 11.6. The van der Waals surface area contributed by atoms with Gasteiger partial charge in [-0.1, -0.05) is 0 Å². The van der Waals surface area contributed by atoms with E-state index < -0.39 is 11.7 Å². The minimum atomic E-state index is -0.519. The highest BCUT2D eigenvalue weighted by atomic mass is 16.6. The van der Waals surface area contributed by atoms with Crippen LogP contribution in [0, 0.1) is 0 Å².